The molecule has 0 saturated carbocycles. The first-order valence-corrected chi connectivity index (χ1v) is 5.35. The Morgan fingerprint density at radius 3 is 2.64 bits per heavy atom. The van der Waals surface area contributed by atoms with Crippen molar-refractivity contribution in [3.63, 3.8) is 0 Å². The van der Waals surface area contributed by atoms with Gasteiger partial charge in [-0.1, -0.05) is 18.2 Å². The molecule has 0 spiro atoms. The lowest BCUT2D eigenvalue weighted by Crippen LogP contribution is -2.25. The van der Waals surface area contributed by atoms with Gasteiger partial charge in [0.1, 0.15) is 5.03 Å². The number of nitrogens with zero attached hydrogens (tertiary/aromatic N) is 1. The van der Waals surface area contributed by atoms with Gasteiger partial charge in [-0.05, 0) is 12.1 Å². The number of hydrogen-bond donors (Lipinski definition) is 2. The highest BCUT2D eigenvalue weighted by molar-refractivity contribution is 7.87. The van der Waals surface area contributed by atoms with Crippen LogP contribution in [-0.2, 0) is 11.0 Å². The molecule has 2 N–H and O–H groups in total. The molecule has 0 radical (unpaired) electrons. The molecule has 0 aliphatic carbocycles. The lowest BCUT2D eigenvalue weighted by Gasteiger charge is -2.04. The molecular weight excluding hydrogens is 198 g/mol. The molecule has 1 aromatic carbocycles. The van der Waals surface area contributed by atoms with Crippen LogP contribution in [0, 0.1) is 0 Å². The van der Waals surface area contributed by atoms with Gasteiger partial charge in [-0.15, -0.1) is 4.83 Å². The summed E-state index contributed by atoms with van der Waals surface area (Å²) < 4.78 is 11.4. The molecule has 1 aromatic rings. The highest BCUT2D eigenvalue weighted by atomic mass is 32.2. The van der Waals surface area contributed by atoms with E-state index in [4.69, 9.17) is 0 Å². The molecule has 1 atom stereocenters. The van der Waals surface area contributed by atoms with Gasteiger partial charge >= 0.3 is 0 Å². The number of anilines is 1. The van der Waals surface area contributed by atoms with E-state index in [1.54, 1.807) is 18.3 Å². The third kappa shape index (κ3) is 1.94. The maximum absolute atomic E-state index is 11.4. The first-order chi connectivity index (χ1) is 6.75. The van der Waals surface area contributed by atoms with Gasteiger partial charge in [0.05, 0.1) is 6.20 Å². The second-order valence-electron chi connectivity index (χ2n) is 2.96. The summed E-state index contributed by atoms with van der Waals surface area (Å²) in [6, 6.07) is 9.65. The van der Waals surface area contributed by atoms with Crippen molar-refractivity contribution in [2.75, 3.05) is 12.4 Å². The second-order valence-corrected chi connectivity index (χ2v) is 4.12. The molecule has 4 nitrogen and oxygen atoms in total. The average molecular weight is 209 g/mol. The maximum Gasteiger partial charge on any atom is 0.161 e. The predicted molar refractivity (Wildman–Crippen MR) is 57.2 cm³/mol. The Labute approximate surface area is 85.2 Å². The van der Waals surface area contributed by atoms with Crippen LogP contribution in [-0.4, -0.2) is 16.3 Å². The summed E-state index contributed by atoms with van der Waals surface area (Å²) >= 11 is 0. The zero-order valence-electron chi connectivity index (χ0n) is 7.73. The van der Waals surface area contributed by atoms with E-state index in [-0.39, 0.29) is 0 Å². The summed E-state index contributed by atoms with van der Waals surface area (Å²) in [4.78, 5) is 2.74. The zero-order chi connectivity index (χ0) is 9.97. The number of hydrogen-bond acceptors (Lipinski definition) is 3. The van der Waals surface area contributed by atoms with Crippen LogP contribution in [0.2, 0.25) is 0 Å². The maximum atomic E-state index is 11.4. The van der Waals surface area contributed by atoms with Crippen LogP contribution in [0.4, 0.5) is 5.69 Å². The van der Waals surface area contributed by atoms with Crippen molar-refractivity contribution >= 4 is 16.7 Å². The largest absolute Gasteiger partial charge is 0.346 e. The standard InChI is InChI=1S/C9H11N3OS/c1-12-7-9(14(13)11-12)10-8-5-3-2-4-6-8/h2-7,10-11H,1H3. The van der Waals surface area contributed by atoms with Crippen molar-refractivity contribution in [2.24, 2.45) is 0 Å². The van der Waals surface area contributed by atoms with Crippen LogP contribution >= 0.6 is 0 Å². The number of rotatable bonds is 2. The van der Waals surface area contributed by atoms with E-state index in [0.717, 1.165) is 5.69 Å². The fraction of sp³-hybridized carbons (Fsp3) is 0.111. The Kier molecular flexibility index (Phi) is 2.51. The second kappa shape index (κ2) is 3.81. The van der Waals surface area contributed by atoms with Crippen LogP contribution in [0.15, 0.2) is 41.6 Å². The van der Waals surface area contributed by atoms with Crippen LogP contribution in [0.5, 0.6) is 0 Å². The predicted octanol–water partition coefficient (Wildman–Crippen LogP) is 1.01. The molecule has 14 heavy (non-hydrogen) atoms. The molecule has 0 fully saturated rings. The highest BCUT2D eigenvalue weighted by Crippen LogP contribution is 2.13. The van der Waals surface area contributed by atoms with Crippen molar-refractivity contribution in [1.29, 1.82) is 0 Å². The van der Waals surface area contributed by atoms with E-state index in [0.29, 0.717) is 5.03 Å². The van der Waals surface area contributed by atoms with Crippen molar-refractivity contribution in [3.05, 3.63) is 41.6 Å². The smallest absolute Gasteiger partial charge is 0.161 e. The average Bonchev–Trinajstić information content (AvgIpc) is 2.47. The lowest BCUT2D eigenvalue weighted by molar-refractivity contribution is 0.435. The monoisotopic (exact) mass is 209 g/mol. The van der Waals surface area contributed by atoms with Crippen LogP contribution in [0.3, 0.4) is 0 Å². The fourth-order valence-electron chi connectivity index (χ4n) is 1.17. The Balaban J connectivity index is 2.12. The third-order valence-electron chi connectivity index (χ3n) is 1.78. The van der Waals surface area contributed by atoms with Gasteiger partial charge in [0.25, 0.3) is 0 Å². The van der Waals surface area contributed by atoms with E-state index < -0.39 is 11.0 Å². The summed E-state index contributed by atoms with van der Waals surface area (Å²) in [6.07, 6.45) is 1.77. The fourth-order valence-corrected chi connectivity index (χ4v) is 2.05. The van der Waals surface area contributed by atoms with Gasteiger partial charge in [0.2, 0.25) is 0 Å². The zero-order valence-corrected chi connectivity index (χ0v) is 8.54. The van der Waals surface area contributed by atoms with Crippen molar-refractivity contribution in [1.82, 2.24) is 9.84 Å². The minimum atomic E-state index is -1.17. The Morgan fingerprint density at radius 1 is 1.36 bits per heavy atom. The number of benzene rings is 1. The van der Waals surface area contributed by atoms with Gasteiger partial charge in [-0.2, -0.15) is 0 Å². The van der Waals surface area contributed by atoms with Crippen LogP contribution < -0.4 is 10.1 Å². The summed E-state index contributed by atoms with van der Waals surface area (Å²) in [5, 5.41) is 5.41. The van der Waals surface area contributed by atoms with Gasteiger partial charge in [0, 0.05) is 12.7 Å². The molecule has 1 unspecified atom stereocenters. The quantitative estimate of drug-likeness (QED) is 0.764. The minimum Gasteiger partial charge on any atom is -0.346 e. The SMILES string of the molecule is CN1C=C(Nc2ccccc2)S(=O)N1. The molecule has 0 aromatic heterocycles. The number of hydrazine groups is 1. The van der Waals surface area contributed by atoms with Crippen molar-refractivity contribution < 1.29 is 4.21 Å². The lowest BCUT2D eigenvalue weighted by atomic mass is 10.3. The number of nitrogens with one attached hydrogen (secondary N) is 2. The van der Waals surface area contributed by atoms with Gasteiger partial charge < -0.3 is 10.3 Å². The molecule has 0 amide bonds. The first kappa shape index (κ1) is 9.23. The van der Waals surface area contributed by atoms with Gasteiger partial charge in [0.15, 0.2) is 11.0 Å². The Morgan fingerprint density at radius 2 is 2.07 bits per heavy atom. The summed E-state index contributed by atoms with van der Waals surface area (Å²) in [5.74, 6) is 0. The Hall–Kier alpha value is -1.33. The molecule has 2 rings (SSSR count). The van der Waals surface area contributed by atoms with E-state index in [9.17, 15) is 4.21 Å². The van der Waals surface area contributed by atoms with E-state index in [2.05, 4.69) is 10.1 Å². The summed E-state index contributed by atoms with van der Waals surface area (Å²) in [6.45, 7) is 0. The minimum absolute atomic E-state index is 0.665. The molecule has 1 aliphatic heterocycles. The molecular formula is C9H11N3OS. The summed E-state index contributed by atoms with van der Waals surface area (Å²) in [7, 11) is 0.638. The highest BCUT2D eigenvalue weighted by Gasteiger charge is 2.16. The summed E-state index contributed by atoms with van der Waals surface area (Å²) in [5.41, 5.74) is 0.934. The molecule has 5 heteroatoms. The van der Waals surface area contributed by atoms with E-state index in [1.165, 1.54) is 0 Å². The van der Waals surface area contributed by atoms with Crippen molar-refractivity contribution in [2.45, 2.75) is 0 Å². The number of para-hydroxylation sites is 1. The first-order valence-electron chi connectivity index (χ1n) is 4.20. The molecule has 0 bridgehead atoms. The van der Waals surface area contributed by atoms with Crippen molar-refractivity contribution in [3.8, 4) is 0 Å². The Bertz CT molecular complexity index is 377. The normalized spacial score (nSPS) is 20.8. The van der Waals surface area contributed by atoms with Crippen LogP contribution in [0.25, 0.3) is 0 Å². The van der Waals surface area contributed by atoms with Gasteiger partial charge in [-0.25, -0.2) is 4.21 Å². The van der Waals surface area contributed by atoms with Crippen LogP contribution in [0.1, 0.15) is 0 Å². The molecule has 1 heterocycles. The van der Waals surface area contributed by atoms with E-state index >= 15 is 0 Å². The van der Waals surface area contributed by atoms with E-state index in [1.807, 2.05) is 30.3 Å². The van der Waals surface area contributed by atoms with Gasteiger partial charge in [-0.3, -0.25) is 0 Å². The molecule has 1 aliphatic rings. The molecule has 74 valence electrons. The molecule has 0 saturated heterocycles. The third-order valence-corrected chi connectivity index (χ3v) is 2.84. The topological polar surface area (TPSA) is 44.4 Å².